The molecule has 52 heavy (non-hydrogen) atoms. The molecule has 3 heterocycles. The molecule has 13 heteroatoms. The Hall–Kier alpha value is -3.34. The van der Waals surface area contributed by atoms with Crippen LogP contribution in [0.1, 0.15) is 5.56 Å². The van der Waals surface area contributed by atoms with Gasteiger partial charge < -0.3 is 23.7 Å². The van der Waals surface area contributed by atoms with E-state index in [1.807, 2.05) is 23.0 Å². The lowest BCUT2D eigenvalue weighted by atomic mass is 9.95. The lowest BCUT2D eigenvalue weighted by Crippen LogP contribution is -2.22. The van der Waals surface area contributed by atoms with Crippen LogP contribution in [0, 0.1) is 6.92 Å². The number of pyridine rings is 1. The molecule has 0 spiro atoms. The highest BCUT2D eigenvalue weighted by Gasteiger charge is 2.25. The minimum atomic E-state index is -1.27. The summed E-state index contributed by atoms with van der Waals surface area (Å²) in [5.74, 6) is 2.03. The minimum Gasteiger partial charge on any atom is -0.493 e. The second-order valence-corrected chi connectivity index (χ2v) is 34.1. The van der Waals surface area contributed by atoms with Crippen LogP contribution in [0.2, 0.25) is 77.1 Å². The third-order valence-corrected chi connectivity index (χ3v) is 14.2. The fourth-order valence-electron chi connectivity index (χ4n) is 5.82. The van der Waals surface area contributed by atoms with Gasteiger partial charge in [0, 0.05) is 55.6 Å². The van der Waals surface area contributed by atoms with Gasteiger partial charge in [-0.3, -0.25) is 9.55 Å². The molecule has 0 saturated carbocycles. The van der Waals surface area contributed by atoms with Crippen molar-refractivity contribution >= 4 is 46.2 Å². The van der Waals surface area contributed by atoms with Gasteiger partial charge in [-0.25, -0.2) is 9.67 Å². The number of hydrogen-bond donors (Lipinski definition) is 0. The van der Waals surface area contributed by atoms with Crippen LogP contribution in [0.5, 0.6) is 11.5 Å². The number of methoxy groups -OCH3 is 1. The van der Waals surface area contributed by atoms with Crippen molar-refractivity contribution in [2.75, 3.05) is 33.7 Å². The zero-order chi connectivity index (χ0) is 37.7. The van der Waals surface area contributed by atoms with Crippen LogP contribution in [-0.2, 0) is 27.7 Å². The van der Waals surface area contributed by atoms with Crippen LogP contribution in [0.25, 0.3) is 44.6 Å². The molecule has 0 aliphatic heterocycles. The Morgan fingerprint density at radius 3 is 2.02 bits per heavy atom. The Morgan fingerprint density at radius 1 is 0.712 bits per heavy atom. The normalized spacial score (nSPS) is 12.7. The van der Waals surface area contributed by atoms with E-state index in [0.29, 0.717) is 44.8 Å². The molecule has 5 rings (SSSR count). The van der Waals surface area contributed by atoms with Gasteiger partial charge in [-0.05, 0) is 66.0 Å². The van der Waals surface area contributed by atoms with Gasteiger partial charge in [-0.1, -0.05) is 71.1 Å². The van der Waals surface area contributed by atoms with Gasteiger partial charge in [0.25, 0.3) is 0 Å². The van der Waals surface area contributed by atoms with Crippen LogP contribution in [0.4, 0.5) is 0 Å². The number of imidazole rings is 1. The molecular weight excluding hydrogens is 703 g/mol. The van der Waals surface area contributed by atoms with Crippen molar-refractivity contribution in [3.8, 4) is 34.1 Å². The van der Waals surface area contributed by atoms with Crippen molar-refractivity contribution in [1.29, 1.82) is 0 Å². The number of rotatable bonds is 19. The molecule has 2 aromatic carbocycles. The summed E-state index contributed by atoms with van der Waals surface area (Å²) in [6.07, 6.45) is 3.64. The zero-order valence-electron chi connectivity index (χ0n) is 33.3. The van der Waals surface area contributed by atoms with Crippen molar-refractivity contribution in [3.05, 3.63) is 54.4 Å². The summed E-state index contributed by atoms with van der Waals surface area (Å²) >= 11 is 0. The fraction of sp³-hybridized carbons (Fsp3) is 0.513. The molecular formula is C39H59N5O5Si3. The first kappa shape index (κ1) is 39.9. The van der Waals surface area contributed by atoms with E-state index in [1.54, 1.807) is 13.3 Å². The van der Waals surface area contributed by atoms with Crippen LogP contribution in [0.15, 0.2) is 48.8 Å². The quantitative estimate of drug-likeness (QED) is 0.0467. The highest BCUT2D eigenvalue weighted by atomic mass is 28.3. The van der Waals surface area contributed by atoms with E-state index < -0.39 is 24.2 Å². The number of hydrogen-bond acceptors (Lipinski definition) is 8. The Morgan fingerprint density at radius 2 is 1.37 bits per heavy atom. The van der Waals surface area contributed by atoms with Crippen molar-refractivity contribution in [3.63, 3.8) is 0 Å². The summed E-state index contributed by atoms with van der Waals surface area (Å²) in [5.41, 5.74) is 6.56. The maximum absolute atomic E-state index is 6.33. The second kappa shape index (κ2) is 16.8. The molecule has 0 saturated heterocycles. The predicted octanol–water partition coefficient (Wildman–Crippen LogP) is 9.75. The molecule has 282 valence electrons. The zero-order valence-corrected chi connectivity index (χ0v) is 36.3. The third kappa shape index (κ3) is 10.4. The number of ether oxygens (including phenoxy) is 5. The van der Waals surface area contributed by atoms with Gasteiger partial charge in [0.1, 0.15) is 19.2 Å². The van der Waals surface area contributed by atoms with Gasteiger partial charge in [0.2, 0.25) is 0 Å². The molecule has 0 radical (unpaired) electrons. The molecule has 10 nitrogen and oxygen atoms in total. The lowest BCUT2D eigenvalue weighted by Gasteiger charge is -2.18. The number of aromatic nitrogens is 5. The van der Waals surface area contributed by atoms with Gasteiger partial charge in [-0.2, -0.15) is 5.10 Å². The highest BCUT2D eigenvalue weighted by molar-refractivity contribution is 6.76. The molecule has 0 atom stereocenters. The van der Waals surface area contributed by atoms with Crippen molar-refractivity contribution in [2.24, 2.45) is 0 Å². The highest BCUT2D eigenvalue weighted by Crippen LogP contribution is 2.42. The Kier molecular flexibility index (Phi) is 12.9. The summed E-state index contributed by atoms with van der Waals surface area (Å²) in [4.78, 5) is 9.60. The molecule has 0 bridgehead atoms. The summed E-state index contributed by atoms with van der Waals surface area (Å²) in [5, 5.41) is 6.23. The van der Waals surface area contributed by atoms with E-state index in [1.165, 1.54) is 0 Å². The maximum Gasteiger partial charge on any atom is 0.189 e. The van der Waals surface area contributed by atoms with E-state index in [0.717, 1.165) is 68.3 Å². The second-order valence-electron chi connectivity index (χ2n) is 17.3. The van der Waals surface area contributed by atoms with Crippen molar-refractivity contribution < 1.29 is 23.7 Å². The summed E-state index contributed by atoms with van der Waals surface area (Å²) < 4.78 is 34.5. The first-order valence-electron chi connectivity index (χ1n) is 18.4. The van der Waals surface area contributed by atoms with E-state index in [-0.39, 0.29) is 6.79 Å². The average molecular weight is 762 g/mol. The SMILES string of the molecule is COc1cc(-c2cccc3c2c(-c2nc4ccncc4n2COCC[Si](C)(C)C)nn3COCC[Si](C)(C)C)c(C)cc1OCOCC[Si](C)(C)C. The molecule has 0 fully saturated rings. The smallest absolute Gasteiger partial charge is 0.189 e. The Bertz CT molecular complexity index is 1960. The Labute approximate surface area is 312 Å². The van der Waals surface area contributed by atoms with E-state index in [4.69, 9.17) is 33.8 Å². The topological polar surface area (TPSA) is 94.7 Å². The average Bonchev–Trinajstić information content (AvgIpc) is 3.62. The monoisotopic (exact) mass is 761 g/mol. The number of aryl methyl sites for hydroxylation is 1. The number of nitrogens with zero attached hydrogens (tertiary/aromatic N) is 5. The summed E-state index contributed by atoms with van der Waals surface area (Å²) in [6, 6.07) is 15.6. The number of fused-ring (bicyclic) bond motifs is 2. The van der Waals surface area contributed by atoms with Crippen LogP contribution < -0.4 is 9.47 Å². The Balaban J connectivity index is 1.59. The van der Waals surface area contributed by atoms with Crippen molar-refractivity contribution in [2.45, 2.75) is 97.4 Å². The molecule has 0 aliphatic carbocycles. The first-order valence-corrected chi connectivity index (χ1v) is 29.5. The van der Waals surface area contributed by atoms with Gasteiger partial charge >= 0.3 is 0 Å². The van der Waals surface area contributed by atoms with Gasteiger partial charge in [-0.15, -0.1) is 0 Å². The molecule has 5 aromatic rings. The predicted molar refractivity (Wildman–Crippen MR) is 221 cm³/mol. The third-order valence-electron chi connectivity index (χ3n) is 9.06. The van der Waals surface area contributed by atoms with Crippen LogP contribution in [0.3, 0.4) is 0 Å². The van der Waals surface area contributed by atoms with E-state index in [9.17, 15) is 0 Å². The van der Waals surface area contributed by atoms with Gasteiger partial charge in [0.05, 0.1) is 29.9 Å². The molecule has 3 aromatic heterocycles. The largest absolute Gasteiger partial charge is 0.493 e. The first-order chi connectivity index (χ1) is 24.5. The standard InChI is InChI=1S/C39H59N5O5Si3/c1-29-23-36(49-28-48-19-22-52(9,10)11)35(45-2)24-31(29)30-13-12-14-33-37(30)38(42-44(33)27-47-18-21-51(6,7)8)39-41-32-15-16-40-25-34(32)43(39)26-46-17-20-50(3,4)5/h12-16,23-25H,17-22,26-28H2,1-11H3. The van der Waals surface area contributed by atoms with Gasteiger partial charge in [0.15, 0.2) is 24.1 Å². The molecule has 0 amide bonds. The fourth-order valence-corrected chi connectivity index (χ4v) is 8.09. The minimum absolute atomic E-state index is 0.176. The maximum atomic E-state index is 6.33. The molecule has 0 unspecified atom stereocenters. The molecule has 0 N–H and O–H groups in total. The number of benzene rings is 2. The summed E-state index contributed by atoms with van der Waals surface area (Å²) in [7, 11) is -2.04. The van der Waals surface area contributed by atoms with Crippen LogP contribution in [-0.4, -0.2) is 82.3 Å². The summed E-state index contributed by atoms with van der Waals surface area (Å²) in [6.45, 7) is 26.3. The van der Waals surface area contributed by atoms with E-state index >= 15 is 0 Å². The molecule has 0 aliphatic rings. The van der Waals surface area contributed by atoms with Crippen LogP contribution >= 0.6 is 0 Å². The van der Waals surface area contributed by atoms with Crippen molar-refractivity contribution in [1.82, 2.24) is 24.3 Å². The lowest BCUT2D eigenvalue weighted by molar-refractivity contribution is 0.0205. The van der Waals surface area contributed by atoms with E-state index in [2.05, 4.69) is 99.7 Å².